The van der Waals surface area contributed by atoms with Crippen LogP contribution in [-0.4, -0.2) is 23.8 Å². The van der Waals surface area contributed by atoms with Crippen LogP contribution in [0.1, 0.15) is 25.5 Å². The minimum Gasteiger partial charge on any atom is -0.365 e. The summed E-state index contributed by atoms with van der Waals surface area (Å²) in [7, 11) is 0. The molecule has 5 heteroatoms. The number of hydrogen-bond acceptors (Lipinski definition) is 4. The molecule has 96 valence electrons. The lowest BCUT2D eigenvalue weighted by Crippen LogP contribution is -2.25. The Morgan fingerprint density at radius 2 is 2.17 bits per heavy atom. The molecule has 1 aromatic rings. The van der Waals surface area contributed by atoms with Crippen LogP contribution in [0.25, 0.3) is 0 Å². The smallest absolute Gasteiger partial charge is 0.275 e. The molecule has 1 unspecified atom stereocenters. The molecule has 0 aliphatic carbocycles. The number of rotatable bonds is 3. The summed E-state index contributed by atoms with van der Waals surface area (Å²) >= 11 is 0. The molecule has 5 nitrogen and oxygen atoms in total. The number of nitro groups is 1. The average Bonchev–Trinajstić information content (AvgIpc) is 2.39. The molecule has 0 amide bonds. The van der Waals surface area contributed by atoms with Crippen molar-refractivity contribution in [3.8, 4) is 0 Å². The molecule has 0 bridgehead atoms. The van der Waals surface area contributed by atoms with Gasteiger partial charge in [0.15, 0.2) is 0 Å². The predicted octanol–water partition coefficient (Wildman–Crippen LogP) is 2.76. The molecule has 0 spiro atoms. The van der Waals surface area contributed by atoms with Gasteiger partial charge in [0.1, 0.15) is 6.10 Å². The van der Waals surface area contributed by atoms with Gasteiger partial charge in [0.2, 0.25) is 0 Å². The summed E-state index contributed by atoms with van der Waals surface area (Å²) in [5.74, 6) is 0.358. The molecular formula is C13H16N2O3. The molecule has 1 atom stereocenters. The van der Waals surface area contributed by atoms with Gasteiger partial charge in [-0.15, -0.1) is 0 Å². The van der Waals surface area contributed by atoms with Crippen LogP contribution in [0.15, 0.2) is 29.3 Å². The third-order valence-corrected chi connectivity index (χ3v) is 3.04. The van der Waals surface area contributed by atoms with Gasteiger partial charge in [-0.05, 0) is 12.0 Å². The molecule has 2 rings (SSSR count). The lowest BCUT2D eigenvalue weighted by molar-refractivity contribution is -0.386. The maximum absolute atomic E-state index is 11.0. The van der Waals surface area contributed by atoms with Crippen molar-refractivity contribution in [2.75, 3.05) is 13.2 Å². The fraction of sp³-hybridized carbons (Fsp3) is 0.462. The Labute approximate surface area is 106 Å². The number of nitrogens with zero attached hydrogens (tertiary/aromatic N) is 2. The van der Waals surface area contributed by atoms with Crippen molar-refractivity contribution in [3.05, 3.63) is 39.9 Å². The number of hydrogen-bond donors (Lipinski definition) is 0. The average molecular weight is 248 g/mol. The maximum atomic E-state index is 11.0. The van der Waals surface area contributed by atoms with Crippen LogP contribution in [0.2, 0.25) is 0 Å². The molecule has 0 radical (unpaired) electrons. The zero-order valence-corrected chi connectivity index (χ0v) is 10.5. The summed E-state index contributed by atoms with van der Waals surface area (Å²) in [5, 5.41) is 11.0. The van der Waals surface area contributed by atoms with Crippen LogP contribution in [-0.2, 0) is 4.74 Å². The minimum atomic E-state index is -0.375. The Balaban J connectivity index is 2.22. The fourth-order valence-electron chi connectivity index (χ4n) is 1.95. The minimum absolute atomic E-state index is 0.102. The van der Waals surface area contributed by atoms with Crippen LogP contribution in [0.4, 0.5) is 5.69 Å². The Kier molecular flexibility index (Phi) is 3.72. The Morgan fingerprint density at radius 3 is 2.72 bits per heavy atom. The Bertz CT molecular complexity index is 483. The van der Waals surface area contributed by atoms with Crippen LogP contribution in [0.5, 0.6) is 0 Å². The molecule has 0 saturated heterocycles. The summed E-state index contributed by atoms with van der Waals surface area (Å²) < 4.78 is 5.69. The SMILES string of the molecule is CC(C)C1=NCC(c2ccccc2[N+](=O)[O-])OC1. The Morgan fingerprint density at radius 1 is 1.44 bits per heavy atom. The Hall–Kier alpha value is -1.75. The summed E-state index contributed by atoms with van der Waals surface area (Å²) in [6.07, 6.45) is -0.311. The molecule has 1 heterocycles. The van der Waals surface area contributed by atoms with Gasteiger partial charge >= 0.3 is 0 Å². The van der Waals surface area contributed by atoms with Gasteiger partial charge in [0, 0.05) is 11.8 Å². The van der Waals surface area contributed by atoms with E-state index in [2.05, 4.69) is 18.8 Å². The number of aliphatic imine (C=N–C) groups is 1. The van der Waals surface area contributed by atoms with Crippen LogP contribution in [0.3, 0.4) is 0 Å². The van der Waals surface area contributed by atoms with Gasteiger partial charge in [-0.2, -0.15) is 0 Å². The van der Waals surface area contributed by atoms with E-state index in [9.17, 15) is 10.1 Å². The molecule has 0 saturated carbocycles. The van der Waals surface area contributed by atoms with Crippen molar-refractivity contribution >= 4 is 11.4 Å². The van der Waals surface area contributed by atoms with Crippen LogP contribution >= 0.6 is 0 Å². The molecule has 1 aromatic carbocycles. The third kappa shape index (κ3) is 2.56. The first-order chi connectivity index (χ1) is 8.59. The molecule has 0 aromatic heterocycles. The normalized spacial score (nSPS) is 19.7. The van der Waals surface area contributed by atoms with E-state index >= 15 is 0 Å². The second-order valence-corrected chi connectivity index (χ2v) is 4.60. The summed E-state index contributed by atoms with van der Waals surface area (Å²) in [4.78, 5) is 15.0. The molecular weight excluding hydrogens is 232 g/mol. The monoisotopic (exact) mass is 248 g/mol. The van der Waals surface area contributed by atoms with Gasteiger partial charge in [0.05, 0.1) is 23.6 Å². The summed E-state index contributed by atoms with van der Waals surface area (Å²) in [6.45, 7) is 5.04. The van der Waals surface area contributed by atoms with Crippen LogP contribution in [0, 0.1) is 16.0 Å². The van der Waals surface area contributed by atoms with Gasteiger partial charge in [0.25, 0.3) is 5.69 Å². The van der Waals surface area contributed by atoms with E-state index in [0.717, 1.165) is 5.71 Å². The second-order valence-electron chi connectivity index (χ2n) is 4.60. The van der Waals surface area contributed by atoms with E-state index in [-0.39, 0.29) is 16.7 Å². The molecule has 0 N–H and O–H groups in total. The lowest BCUT2D eigenvalue weighted by atomic mass is 10.0. The lowest BCUT2D eigenvalue weighted by Gasteiger charge is -2.23. The van der Waals surface area contributed by atoms with Crippen molar-refractivity contribution in [3.63, 3.8) is 0 Å². The standard InChI is InChI=1S/C13H16N2O3/c1-9(2)11-8-18-13(7-14-11)10-5-3-4-6-12(10)15(16)17/h3-6,9,13H,7-8H2,1-2H3. The predicted molar refractivity (Wildman–Crippen MR) is 68.9 cm³/mol. The van der Waals surface area contributed by atoms with E-state index in [0.29, 0.717) is 24.6 Å². The third-order valence-electron chi connectivity index (χ3n) is 3.04. The van der Waals surface area contributed by atoms with Crippen molar-refractivity contribution in [2.45, 2.75) is 20.0 Å². The van der Waals surface area contributed by atoms with E-state index in [1.807, 2.05) is 0 Å². The zero-order valence-electron chi connectivity index (χ0n) is 10.5. The number of nitro benzene ring substituents is 1. The van der Waals surface area contributed by atoms with Gasteiger partial charge in [-0.1, -0.05) is 26.0 Å². The summed E-state index contributed by atoms with van der Waals surface area (Å²) in [5.41, 5.74) is 1.73. The van der Waals surface area contributed by atoms with E-state index < -0.39 is 0 Å². The van der Waals surface area contributed by atoms with E-state index in [4.69, 9.17) is 4.74 Å². The number of ether oxygens (including phenoxy) is 1. The van der Waals surface area contributed by atoms with E-state index in [1.165, 1.54) is 6.07 Å². The molecule has 1 aliphatic rings. The van der Waals surface area contributed by atoms with Crippen molar-refractivity contribution in [2.24, 2.45) is 10.9 Å². The summed E-state index contributed by atoms with van der Waals surface area (Å²) in [6, 6.07) is 6.68. The molecule has 18 heavy (non-hydrogen) atoms. The highest BCUT2D eigenvalue weighted by atomic mass is 16.6. The van der Waals surface area contributed by atoms with Gasteiger partial charge in [-0.3, -0.25) is 15.1 Å². The van der Waals surface area contributed by atoms with Crippen molar-refractivity contribution in [1.82, 2.24) is 0 Å². The first kappa shape index (κ1) is 12.7. The topological polar surface area (TPSA) is 64.7 Å². The van der Waals surface area contributed by atoms with Gasteiger partial charge in [-0.25, -0.2) is 0 Å². The highest BCUT2D eigenvalue weighted by Gasteiger charge is 2.25. The number of benzene rings is 1. The fourth-order valence-corrected chi connectivity index (χ4v) is 1.95. The number of para-hydroxylation sites is 1. The van der Waals surface area contributed by atoms with Crippen molar-refractivity contribution in [1.29, 1.82) is 0 Å². The quantitative estimate of drug-likeness (QED) is 0.610. The van der Waals surface area contributed by atoms with Crippen LogP contribution < -0.4 is 0 Å². The largest absolute Gasteiger partial charge is 0.365 e. The first-order valence-electron chi connectivity index (χ1n) is 5.97. The van der Waals surface area contributed by atoms with E-state index in [1.54, 1.807) is 18.2 Å². The highest BCUT2D eigenvalue weighted by molar-refractivity contribution is 5.87. The molecule has 1 aliphatic heterocycles. The maximum Gasteiger partial charge on any atom is 0.275 e. The van der Waals surface area contributed by atoms with Gasteiger partial charge < -0.3 is 4.74 Å². The molecule has 0 fully saturated rings. The highest BCUT2D eigenvalue weighted by Crippen LogP contribution is 2.29. The first-order valence-corrected chi connectivity index (χ1v) is 5.97. The van der Waals surface area contributed by atoms with Crippen molar-refractivity contribution < 1.29 is 9.66 Å². The second kappa shape index (κ2) is 5.27. The zero-order chi connectivity index (χ0) is 13.1.